The van der Waals surface area contributed by atoms with Crippen LogP contribution in [-0.2, 0) is 0 Å². The van der Waals surface area contributed by atoms with Crippen molar-refractivity contribution in [3.8, 4) is 0 Å². The largest absolute Gasteiger partial charge is 0.313 e. The van der Waals surface area contributed by atoms with E-state index in [-0.39, 0.29) is 5.82 Å². The minimum Gasteiger partial charge on any atom is -0.313 e. The molecule has 1 fully saturated rings. The van der Waals surface area contributed by atoms with Gasteiger partial charge >= 0.3 is 0 Å². The Bertz CT molecular complexity index is 470. The lowest BCUT2D eigenvalue weighted by molar-refractivity contribution is 0.0200. The van der Waals surface area contributed by atoms with E-state index in [1.807, 2.05) is 12.3 Å². The predicted octanol–water partition coefficient (Wildman–Crippen LogP) is 5.21. The van der Waals surface area contributed by atoms with E-state index in [4.69, 9.17) is 0 Å². The molecule has 1 aromatic rings. The van der Waals surface area contributed by atoms with Gasteiger partial charge < -0.3 is 5.32 Å². The molecule has 0 amide bonds. The molecule has 1 N–H and O–H groups in total. The molecule has 0 spiro atoms. The Morgan fingerprint density at radius 1 is 1.29 bits per heavy atom. The molecule has 0 aliphatic heterocycles. The lowest BCUT2D eigenvalue weighted by Gasteiger charge is -2.57. The monoisotopic (exact) mass is 309 g/mol. The number of halogens is 1. The van der Waals surface area contributed by atoms with Gasteiger partial charge in [0.25, 0.3) is 0 Å². The Hall–Kier alpha value is -0.540. The molecule has 1 aromatic carbocycles. The highest BCUT2D eigenvalue weighted by Gasteiger charge is 2.52. The first-order valence-corrected chi connectivity index (χ1v) is 9.42. The minimum absolute atomic E-state index is 0.0638. The number of hydrogen-bond donors (Lipinski definition) is 1. The molecule has 21 heavy (non-hydrogen) atoms. The van der Waals surface area contributed by atoms with Crippen LogP contribution in [0.15, 0.2) is 23.1 Å². The third-order valence-corrected chi connectivity index (χ3v) is 6.17. The first kappa shape index (κ1) is 16.8. The van der Waals surface area contributed by atoms with Crippen LogP contribution in [-0.4, -0.2) is 18.8 Å². The van der Waals surface area contributed by atoms with Gasteiger partial charge in [0, 0.05) is 10.9 Å². The number of thioether (sulfide) groups is 1. The molecule has 2 rings (SSSR count). The lowest BCUT2D eigenvalue weighted by atomic mass is 9.52. The van der Waals surface area contributed by atoms with Crippen molar-refractivity contribution in [1.29, 1.82) is 0 Å². The van der Waals surface area contributed by atoms with Gasteiger partial charge in [0.2, 0.25) is 0 Å². The summed E-state index contributed by atoms with van der Waals surface area (Å²) in [5.74, 6) is 0.429. The molecule has 0 heterocycles. The van der Waals surface area contributed by atoms with Crippen molar-refractivity contribution in [1.82, 2.24) is 5.32 Å². The summed E-state index contributed by atoms with van der Waals surface area (Å²) in [6, 6.07) is 6.43. The third-order valence-electron chi connectivity index (χ3n) is 5.39. The highest BCUT2D eigenvalue weighted by molar-refractivity contribution is 7.98. The van der Waals surface area contributed by atoms with Crippen LogP contribution in [0.4, 0.5) is 4.39 Å². The zero-order valence-corrected chi connectivity index (χ0v) is 14.5. The van der Waals surface area contributed by atoms with Gasteiger partial charge in [-0.25, -0.2) is 4.39 Å². The van der Waals surface area contributed by atoms with Crippen molar-refractivity contribution >= 4 is 11.8 Å². The van der Waals surface area contributed by atoms with Gasteiger partial charge in [0.1, 0.15) is 5.82 Å². The molecule has 2 atom stereocenters. The van der Waals surface area contributed by atoms with Crippen molar-refractivity contribution in [2.45, 2.75) is 63.3 Å². The quantitative estimate of drug-likeness (QED) is 0.694. The normalized spacial score (nSPS) is 23.9. The second-order valence-electron chi connectivity index (χ2n) is 6.13. The van der Waals surface area contributed by atoms with Gasteiger partial charge in [-0.3, -0.25) is 0 Å². The maximum atomic E-state index is 14.1. The van der Waals surface area contributed by atoms with Crippen molar-refractivity contribution in [3.63, 3.8) is 0 Å². The van der Waals surface area contributed by atoms with Crippen molar-refractivity contribution < 1.29 is 4.39 Å². The summed E-state index contributed by atoms with van der Waals surface area (Å²) in [7, 11) is 0. The van der Waals surface area contributed by atoms with Crippen molar-refractivity contribution in [2.24, 2.45) is 5.41 Å². The molecule has 0 aromatic heterocycles. The summed E-state index contributed by atoms with van der Waals surface area (Å²) < 4.78 is 14.1. The minimum atomic E-state index is -0.0638. The maximum Gasteiger partial charge on any atom is 0.137 e. The first-order valence-electron chi connectivity index (χ1n) is 8.19. The smallest absolute Gasteiger partial charge is 0.137 e. The topological polar surface area (TPSA) is 12.0 Å². The van der Waals surface area contributed by atoms with Gasteiger partial charge in [-0.05, 0) is 67.5 Å². The predicted molar refractivity (Wildman–Crippen MR) is 90.6 cm³/mol. The summed E-state index contributed by atoms with van der Waals surface area (Å²) >= 11 is 1.48. The van der Waals surface area contributed by atoms with E-state index < -0.39 is 0 Å². The fraction of sp³-hybridized carbons (Fsp3) is 0.667. The van der Waals surface area contributed by atoms with Crippen molar-refractivity contribution in [3.05, 3.63) is 29.6 Å². The highest BCUT2D eigenvalue weighted by Crippen LogP contribution is 2.57. The molecule has 1 nitrogen and oxygen atoms in total. The molecule has 0 saturated heterocycles. The van der Waals surface area contributed by atoms with Gasteiger partial charge in [-0.1, -0.05) is 26.8 Å². The molecule has 118 valence electrons. The van der Waals surface area contributed by atoms with Crippen molar-refractivity contribution in [2.75, 3.05) is 12.8 Å². The molecule has 3 heteroatoms. The molecule has 0 radical (unpaired) electrons. The van der Waals surface area contributed by atoms with Gasteiger partial charge in [-0.15, -0.1) is 11.8 Å². The lowest BCUT2D eigenvalue weighted by Crippen LogP contribution is -2.58. The SMILES string of the molecule is CCCNC1CC(c2ccc(SC)c(F)c2)C1(CC)CC. The van der Waals surface area contributed by atoms with E-state index >= 15 is 0 Å². The van der Waals surface area contributed by atoms with E-state index in [1.165, 1.54) is 23.7 Å². The van der Waals surface area contributed by atoms with E-state index in [9.17, 15) is 4.39 Å². The summed E-state index contributed by atoms with van der Waals surface area (Å²) in [5.41, 5.74) is 1.48. The van der Waals surface area contributed by atoms with Crippen LogP contribution in [0.1, 0.15) is 57.9 Å². The number of rotatable bonds is 7. The van der Waals surface area contributed by atoms with Crippen LogP contribution in [0.25, 0.3) is 0 Å². The molecule has 1 saturated carbocycles. The summed E-state index contributed by atoms with van der Waals surface area (Å²) in [4.78, 5) is 0.748. The summed E-state index contributed by atoms with van der Waals surface area (Å²) in [6.45, 7) is 7.85. The second-order valence-corrected chi connectivity index (χ2v) is 6.98. The number of nitrogens with one attached hydrogen (secondary N) is 1. The number of hydrogen-bond acceptors (Lipinski definition) is 2. The van der Waals surface area contributed by atoms with E-state index in [1.54, 1.807) is 6.07 Å². The Kier molecular flexibility index (Phi) is 5.73. The maximum absolute atomic E-state index is 14.1. The third kappa shape index (κ3) is 3.00. The standard InChI is InChI=1S/C18H28FNS/c1-5-10-20-17-12-14(18(17,6-2)7-3)13-8-9-16(21-4)15(19)11-13/h8-9,11,14,17,20H,5-7,10,12H2,1-4H3. The van der Waals surface area contributed by atoms with Crippen LogP contribution < -0.4 is 5.32 Å². The second kappa shape index (κ2) is 7.15. The first-order chi connectivity index (χ1) is 10.1. The number of benzene rings is 1. The zero-order valence-electron chi connectivity index (χ0n) is 13.7. The fourth-order valence-electron chi connectivity index (χ4n) is 4.00. The molecular formula is C18H28FNS. The molecule has 0 bridgehead atoms. The average molecular weight is 309 g/mol. The Balaban J connectivity index is 2.21. The highest BCUT2D eigenvalue weighted by atomic mass is 32.2. The van der Waals surface area contributed by atoms with Crippen LogP contribution in [0, 0.1) is 11.2 Å². The molecule has 1 aliphatic carbocycles. The molecule has 2 unspecified atom stereocenters. The van der Waals surface area contributed by atoms with Gasteiger partial charge in [-0.2, -0.15) is 0 Å². The Labute approximate surface area is 133 Å². The van der Waals surface area contributed by atoms with E-state index in [0.717, 1.165) is 30.7 Å². The average Bonchev–Trinajstić information content (AvgIpc) is 2.48. The molecule has 1 aliphatic rings. The Morgan fingerprint density at radius 2 is 2.00 bits per heavy atom. The fourth-order valence-corrected chi connectivity index (χ4v) is 4.45. The Morgan fingerprint density at radius 3 is 2.52 bits per heavy atom. The van der Waals surface area contributed by atoms with Gasteiger partial charge in [0.05, 0.1) is 0 Å². The summed E-state index contributed by atoms with van der Waals surface area (Å²) in [5, 5.41) is 3.70. The van der Waals surface area contributed by atoms with Crippen LogP contribution in [0.5, 0.6) is 0 Å². The van der Waals surface area contributed by atoms with E-state index in [0.29, 0.717) is 17.4 Å². The zero-order chi connectivity index (χ0) is 15.5. The summed E-state index contributed by atoms with van der Waals surface area (Å²) in [6.07, 6.45) is 6.54. The van der Waals surface area contributed by atoms with Crippen LogP contribution in [0.2, 0.25) is 0 Å². The van der Waals surface area contributed by atoms with Gasteiger partial charge in [0.15, 0.2) is 0 Å². The van der Waals surface area contributed by atoms with Crippen LogP contribution in [0.3, 0.4) is 0 Å². The molecular weight excluding hydrogens is 281 g/mol. The van der Waals surface area contributed by atoms with E-state index in [2.05, 4.69) is 32.2 Å². The van der Waals surface area contributed by atoms with Crippen LogP contribution >= 0.6 is 11.8 Å².